The number of ether oxygens (including phenoxy) is 2. The normalized spacial score (nSPS) is 25.5. The molecule has 1 atom stereocenters. The molecule has 1 aromatic heterocycles. The van der Waals surface area contributed by atoms with E-state index < -0.39 is 0 Å². The lowest BCUT2D eigenvalue weighted by Crippen LogP contribution is -2.41. The number of likely N-dealkylation sites (tertiary alicyclic amines) is 1. The van der Waals surface area contributed by atoms with E-state index in [1.54, 1.807) is 0 Å². The molecule has 1 amide bonds. The Hall–Kier alpha value is -1.50. The van der Waals surface area contributed by atoms with Crippen LogP contribution in [0.1, 0.15) is 47.8 Å². The summed E-state index contributed by atoms with van der Waals surface area (Å²) in [5.41, 5.74) is 1.65. The fourth-order valence-corrected chi connectivity index (χ4v) is 4.48. The third-order valence-electron chi connectivity index (χ3n) is 6.07. The van der Waals surface area contributed by atoms with Crippen molar-refractivity contribution in [2.75, 3.05) is 59.2 Å². The molecule has 0 saturated carbocycles. The van der Waals surface area contributed by atoms with Gasteiger partial charge in [-0.3, -0.25) is 4.79 Å². The first-order valence-electron chi connectivity index (χ1n) is 10.4. The minimum absolute atomic E-state index is 0.0371. The van der Waals surface area contributed by atoms with Gasteiger partial charge in [0, 0.05) is 51.0 Å². The molecule has 6 heteroatoms. The lowest BCUT2D eigenvalue weighted by Gasteiger charge is -2.36. The van der Waals surface area contributed by atoms with Crippen LogP contribution < -0.4 is 0 Å². The molecule has 4 heterocycles. The van der Waals surface area contributed by atoms with Gasteiger partial charge in [0.25, 0.3) is 5.91 Å². The maximum absolute atomic E-state index is 12.7. The van der Waals surface area contributed by atoms with E-state index in [1.807, 2.05) is 17.0 Å². The molecule has 0 aromatic carbocycles. The third-order valence-corrected chi connectivity index (χ3v) is 6.07. The second-order valence-electron chi connectivity index (χ2n) is 8.01. The molecule has 6 nitrogen and oxygen atoms in total. The zero-order valence-corrected chi connectivity index (χ0v) is 16.1. The summed E-state index contributed by atoms with van der Waals surface area (Å²) in [6.07, 6.45) is 4.73. The van der Waals surface area contributed by atoms with Crippen molar-refractivity contribution in [1.82, 2.24) is 14.8 Å². The molecule has 3 aliphatic heterocycles. The van der Waals surface area contributed by atoms with Crippen molar-refractivity contribution in [3.8, 4) is 0 Å². The molecule has 27 heavy (non-hydrogen) atoms. The highest BCUT2D eigenvalue weighted by molar-refractivity contribution is 5.92. The molecule has 0 bridgehead atoms. The summed E-state index contributed by atoms with van der Waals surface area (Å²) in [5, 5.41) is 0. The first kappa shape index (κ1) is 18.8. The SMILES string of the molecule is O=C(c1cccc(C2CCCN(CC3CCOCC3)C2)n1)N1CCOCC1. The summed E-state index contributed by atoms with van der Waals surface area (Å²) in [6, 6.07) is 5.94. The van der Waals surface area contributed by atoms with E-state index in [0.717, 1.165) is 37.8 Å². The average Bonchev–Trinajstić information content (AvgIpc) is 2.75. The van der Waals surface area contributed by atoms with E-state index in [4.69, 9.17) is 14.5 Å². The number of nitrogens with zero attached hydrogens (tertiary/aromatic N) is 3. The Balaban J connectivity index is 1.39. The van der Waals surface area contributed by atoms with Gasteiger partial charge in [0.05, 0.1) is 13.2 Å². The molecule has 148 valence electrons. The fraction of sp³-hybridized carbons (Fsp3) is 0.714. The summed E-state index contributed by atoms with van der Waals surface area (Å²) < 4.78 is 10.8. The minimum Gasteiger partial charge on any atom is -0.381 e. The van der Waals surface area contributed by atoms with Crippen molar-refractivity contribution in [3.63, 3.8) is 0 Å². The van der Waals surface area contributed by atoms with Gasteiger partial charge in [-0.1, -0.05) is 6.07 Å². The molecule has 0 radical (unpaired) electrons. The Morgan fingerprint density at radius 1 is 1.04 bits per heavy atom. The molecule has 1 aromatic rings. The topological polar surface area (TPSA) is 54.9 Å². The second-order valence-corrected chi connectivity index (χ2v) is 8.01. The van der Waals surface area contributed by atoms with Crippen molar-refractivity contribution in [2.24, 2.45) is 5.92 Å². The van der Waals surface area contributed by atoms with Gasteiger partial charge in [-0.25, -0.2) is 4.98 Å². The zero-order chi connectivity index (χ0) is 18.5. The van der Waals surface area contributed by atoms with Crippen LogP contribution in [0.4, 0.5) is 0 Å². The number of amides is 1. The van der Waals surface area contributed by atoms with Gasteiger partial charge in [-0.15, -0.1) is 0 Å². The standard InChI is InChI=1S/C21H31N3O3/c25-21(24-9-13-27-14-10-24)20-5-1-4-19(22-20)18-3-2-8-23(16-18)15-17-6-11-26-12-7-17/h1,4-5,17-18H,2-3,6-16H2. The smallest absolute Gasteiger partial charge is 0.272 e. The quantitative estimate of drug-likeness (QED) is 0.810. The summed E-state index contributed by atoms with van der Waals surface area (Å²) in [7, 11) is 0. The predicted octanol–water partition coefficient (Wildman–Crippen LogP) is 2.16. The highest BCUT2D eigenvalue weighted by atomic mass is 16.5. The Morgan fingerprint density at radius 2 is 1.81 bits per heavy atom. The van der Waals surface area contributed by atoms with Gasteiger partial charge >= 0.3 is 0 Å². The number of hydrogen-bond acceptors (Lipinski definition) is 5. The maximum Gasteiger partial charge on any atom is 0.272 e. The summed E-state index contributed by atoms with van der Waals surface area (Å²) in [6.45, 7) is 7.79. The molecule has 3 aliphatic rings. The lowest BCUT2D eigenvalue weighted by atomic mass is 9.92. The third kappa shape index (κ3) is 4.86. The molecule has 0 N–H and O–H groups in total. The number of rotatable bonds is 4. The molecular weight excluding hydrogens is 342 g/mol. The highest BCUT2D eigenvalue weighted by Gasteiger charge is 2.26. The van der Waals surface area contributed by atoms with Crippen LogP contribution in [-0.2, 0) is 9.47 Å². The first-order chi connectivity index (χ1) is 13.3. The Bertz CT molecular complexity index is 627. The second kappa shape index (κ2) is 9.13. The summed E-state index contributed by atoms with van der Waals surface area (Å²) in [4.78, 5) is 22.0. The van der Waals surface area contributed by atoms with E-state index in [2.05, 4.69) is 11.0 Å². The number of piperidine rings is 1. The molecular formula is C21H31N3O3. The molecule has 4 rings (SSSR count). The van der Waals surface area contributed by atoms with Crippen molar-refractivity contribution in [1.29, 1.82) is 0 Å². The van der Waals surface area contributed by atoms with Crippen LogP contribution >= 0.6 is 0 Å². The highest BCUT2D eigenvalue weighted by Crippen LogP contribution is 2.27. The average molecular weight is 373 g/mol. The van der Waals surface area contributed by atoms with Crippen molar-refractivity contribution in [2.45, 2.75) is 31.6 Å². The lowest BCUT2D eigenvalue weighted by molar-refractivity contribution is 0.0298. The number of aromatic nitrogens is 1. The Kier molecular flexibility index (Phi) is 6.37. The molecule has 3 fully saturated rings. The van der Waals surface area contributed by atoms with E-state index >= 15 is 0 Å². The molecule has 0 aliphatic carbocycles. The van der Waals surface area contributed by atoms with E-state index in [0.29, 0.717) is 37.9 Å². The summed E-state index contributed by atoms with van der Waals surface area (Å²) in [5.74, 6) is 1.23. The Morgan fingerprint density at radius 3 is 2.63 bits per heavy atom. The first-order valence-corrected chi connectivity index (χ1v) is 10.4. The van der Waals surface area contributed by atoms with Crippen LogP contribution in [0, 0.1) is 5.92 Å². The molecule has 1 unspecified atom stereocenters. The van der Waals surface area contributed by atoms with Gasteiger partial charge in [0.1, 0.15) is 5.69 Å². The predicted molar refractivity (Wildman–Crippen MR) is 103 cm³/mol. The van der Waals surface area contributed by atoms with Gasteiger partial charge in [0.2, 0.25) is 0 Å². The number of pyridine rings is 1. The summed E-state index contributed by atoms with van der Waals surface area (Å²) >= 11 is 0. The van der Waals surface area contributed by atoms with Gasteiger partial charge in [0.15, 0.2) is 0 Å². The number of morpholine rings is 1. The van der Waals surface area contributed by atoms with E-state index in [9.17, 15) is 4.79 Å². The minimum atomic E-state index is 0.0371. The Labute approximate surface area is 161 Å². The van der Waals surface area contributed by atoms with Crippen molar-refractivity contribution >= 4 is 5.91 Å². The van der Waals surface area contributed by atoms with Crippen LogP contribution in [0.5, 0.6) is 0 Å². The monoisotopic (exact) mass is 373 g/mol. The van der Waals surface area contributed by atoms with E-state index in [1.165, 1.54) is 32.4 Å². The van der Waals surface area contributed by atoms with Gasteiger partial charge in [-0.2, -0.15) is 0 Å². The number of carbonyl (C=O) groups excluding carboxylic acids is 1. The van der Waals surface area contributed by atoms with Gasteiger partial charge in [-0.05, 0) is 50.3 Å². The molecule has 0 spiro atoms. The fourth-order valence-electron chi connectivity index (χ4n) is 4.48. The van der Waals surface area contributed by atoms with Crippen LogP contribution in [0.15, 0.2) is 18.2 Å². The zero-order valence-electron chi connectivity index (χ0n) is 16.1. The van der Waals surface area contributed by atoms with Gasteiger partial charge < -0.3 is 19.3 Å². The maximum atomic E-state index is 12.7. The van der Waals surface area contributed by atoms with Crippen LogP contribution in [0.3, 0.4) is 0 Å². The molecule has 3 saturated heterocycles. The number of carbonyl (C=O) groups is 1. The number of hydrogen-bond donors (Lipinski definition) is 0. The van der Waals surface area contributed by atoms with Crippen molar-refractivity contribution in [3.05, 3.63) is 29.6 Å². The largest absolute Gasteiger partial charge is 0.381 e. The van der Waals surface area contributed by atoms with Crippen LogP contribution in [-0.4, -0.2) is 79.8 Å². The van der Waals surface area contributed by atoms with Crippen LogP contribution in [0.2, 0.25) is 0 Å². The van der Waals surface area contributed by atoms with Crippen molar-refractivity contribution < 1.29 is 14.3 Å². The van der Waals surface area contributed by atoms with Crippen LogP contribution in [0.25, 0.3) is 0 Å². The van der Waals surface area contributed by atoms with E-state index in [-0.39, 0.29) is 5.91 Å².